The largest absolute Gasteiger partial charge is 0.478 e. The summed E-state index contributed by atoms with van der Waals surface area (Å²) in [6.45, 7) is 1.94. The molecule has 1 aliphatic carbocycles. The smallest absolute Gasteiger partial charge is 0.335 e. The van der Waals surface area contributed by atoms with E-state index in [2.05, 4.69) is 17.5 Å². The van der Waals surface area contributed by atoms with E-state index in [9.17, 15) is 14.9 Å². The normalized spacial score (nSPS) is 23.0. The summed E-state index contributed by atoms with van der Waals surface area (Å²) in [6, 6.07) is 10.2. The van der Waals surface area contributed by atoms with Crippen LogP contribution in [0.25, 0.3) is 0 Å². The fourth-order valence-corrected chi connectivity index (χ4v) is 4.16. The summed E-state index contributed by atoms with van der Waals surface area (Å²) in [5, 5.41) is 24.1. The lowest BCUT2D eigenvalue weighted by molar-refractivity contribution is -0.385. The maximum absolute atomic E-state index is 11.5. The molecule has 0 fully saturated rings. The topological polar surface area (TPSA) is 92.5 Å². The lowest BCUT2D eigenvalue weighted by atomic mass is 9.75. The number of nitro benzene ring substituents is 1. The van der Waals surface area contributed by atoms with Crippen LogP contribution < -0.4 is 5.32 Å². The van der Waals surface area contributed by atoms with Gasteiger partial charge in [0.1, 0.15) is 0 Å². The predicted molar refractivity (Wildman–Crippen MR) is 97.6 cm³/mol. The highest BCUT2D eigenvalue weighted by molar-refractivity contribution is 5.87. The number of anilines is 1. The van der Waals surface area contributed by atoms with Gasteiger partial charge >= 0.3 is 5.97 Å². The number of nitrogens with zero attached hydrogens (tertiary/aromatic N) is 1. The second-order valence-electron chi connectivity index (χ2n) is 6.85. The van der Waals surface area contributed by atoms with Gasteiger partial charge in [-0.15, -0.1) is 0 Å². The van der Waals surface area contributed by atoms with Gasteiger partial charge in [-0.05, 0) is 42.5 Å². The standard InChI is InChI=1S/C20H18N2O4/c1-11-5-10-16(22(25)26)17-14-3-2-4-15(14)19(21-18(11)17)12-6-8-13(9-7-12)20(23)24/h2-3,5-10,14-15,19,21H,4H2,1H3,(H,23,24)/t14-,15-,19-/m0/s1. The van der Waals surface area contributed by atoms with E-state index >= 15 is 0 Å². The lowest BCUT2D eigenvalue weighted by Crippen LogP contribution is -2.30. The van der Waals surface area contributed by atoms with E-state index in [4.69, 9.17) is 5.11 Å². The van der Waals surface area contributed by atoms with Crippen molar-refractivity contribution in [3.63, 3.8) is 0 Å². The SMILES string of the molecule is Cc1ccc([N+](=O)[O-])c2c1N[C@@H](c1ccc(C(=O)O)cc1)[C@H]1CC=C[C@H]21. The molecule has 0 amide bonds. The van der Waals surface area contributed by atoms with Crippen LogP contribution in [-0.2, 0) is 0 Å². The molecule has 0 spiro atoms. The van der Waals surface area contributed by atoms with E-state index in [0.29, 0.717) is 0 Å². The number of carboxylic acids is 1. The van der Waals surface area contributed by atoms with Gasteiger partial charge in [0.15, 0.2) is 0 Å². The lowest BCUT2D eigenvalue weighted by Gasteiger charge is -2.38. The van der Waals surface area contributed by atoms with Crippen molar-refractivity contribution in [3.05, 3.63) is 80.9 Å². The third-order valence-corrected chi connectivity index (χ3v) is 5.42. The Morgan fingerprint density at radius 1 is 1.23 bits per heavy atom. The zero-order valence-corrected chi connectivity index (χ0v) is 14.2. The van der Waals surface area contributed by atoms with Crippen molar-refractivity contribution < 1.29 is 14.8 Å². The van der Waals surface area contributed by atoms with Gasteiger partial charge in [0.25, 0.3) is 5.69 Å². The maximum atomic E-state index is 11.5. The van der Waals surface area contributed by atoms with E-state index in [1.54, 1.807) is 24.3 Å². The average Bonchev–Trinajstić information content (AvgIpc) is 3.11. The van der Waals surface area contributed by atoms with Gasteiger partial charge in [-0.25, -0.2) is 4.79 Å². The molecule has 4 rings (SSSR count). The number of benzene rings is 2. The van der Waals surface area contributed by atoms with Crippen molar-refractivity contribution in [2.24, 2.45) is 5.92 Å². The minimum Gasteiger partial charge on any atom is -0.478 e. The fourth-order valence-electron chi connectivity index (χ4n) is 4.16. The van der Waals surface area contributed by atoms with Gasteiger partial charge in [-0.2, -0.15) is 0 Å². The Hall–Kier alpha value is -3.15. The first kappa shape index (κ1) is 16.3. The van der Waals surface area contributed by atoms with Crippen LogP contribution in [-0.4, -0.2) is 16.0 Å². The molecule has 3 atom stereocenters. The molecular weight excluding hydrogens is 332 g/mol. The Morgan fingerprint density at radius 2 is 1.96 bits per heavy atom. The molecule has 6 nitrogen and oxygen atoms in total. The molecular formula is C20H18N2O4. The van der Waals surface area contributed by atoms with Crippen LogP contribution in [0.2, 0.25) is 0 Å². The summed E-state index contributed by atoms with van der Waals surface area (Å²) in [5.41, 5.74) is 3.94. The van der Waals surface area contributed by atoms with Crippen LogP contribution in [0.15, 0.2) is 48.6 Å². The molecule has 0 saturated heterocycles. The quantitative estimate of drug-likeness (QED) is 0.485. The molecule has 2 aliphatic rings. The molecule has 26 heavy (non-hydrogen) atoms. The molecule has 0 radical (unpaired) electrons. The van der Waals surface area contributed by atoms with E-state index in [-0.39, 0.29) is 34.1 Å². The number of rotatable bonds is 3. The Balaban J connectivity index is 1.81. The first-order valence-electron chi connectivity index (χ1n) is 8.51. The van der Waals surface area contributed by atoms with Gasteiger partial charge < -0.3 is 10.4 Å². The summed E-state index contributed by atoms with van der Waals surface area (Å²) in [4.78, 5) is 22.3. The summed E-state index contributed by atoms with van der Waals surface area (Å²) in [7, 11) is 0. The summed E-state index contributed by atoms with van der Waals surface area (Å²) in [6.07, 6.45) is 4.97. The molecule has 0 bridgehead atoms. The highest BCUT2D eigenvalue weighted by Gasteiger charge is 2.42. The Kier molecular flexibility index (Phi) is 3.76. The van der Waals surface area contributed by atoms with Crippen LogP contribution in [0.5, 0.6) is 0 Å². The predicted octanol–water partition coefficient (Wildman–Crippen LogP) is 4.43. The minimum atomic E-state index is -0.953. The number of nitro groups is 1. The number of hydrogen-bond donors (Lipinski definition) is 2. The monoisotopic (exact) mass is 350 g/mol. The molecule has 0 unspecified atom stereocenters. The second kappa shape index (κ2) is 5.98. The van der Waals surface area contributed by atoms with Crippen molar-refractivity contribution in [2.75, 3.05) is 5.32 Å². The zero-order chi connectivity index (χ0) is 18.4. The number of hydrogen-bond acceptors (Lipinski definition) is 4. The molecule has 2 N–H and O–H groups in total. The van der Waals surface area contributed by atoms with E-state index in [1.807, 2.05) is 19.1 Å². The van der Waals surface area contributed by atoms with Crippen LogP contribution in [0.3, 0.4) is 0 Å². The van der Waals surface area contributed by atoms with Gasteiger partial charge in [-0.1, -0.05) is 30.4 Å². The molecule has 0 aromatic heterocycles. The maximum Gasteiger partial charge on any atom is 0.335 e. The first-order valence-corrected chi connectivity index (χ1v) is 8.51. The van der Waals surface area contributed by atoms with Crippen molar-refractivity contribution in [2.45, 2.75) is 25.3 Å². The Labute approximate surface area is 150 Å². The summed E-state index contributed by atoms with van der Waals surface area (Å²) >= 11 is 0. The van der Waals surface area contributed by atoms with Crippen LogP contribution in [0.4, 0.5) is 11.4 Å². The average molecular weight is 350 g/mol. The van der Waals surface area contributed by atoms with Crippen LogP contribution in [0.1, 0.15) is 45.4 Å². The molecule has 1 aliphatic heterocycles. The van der Waals surface area contributed by atoms with Gasteiger partial charge in [0.2, 0.25) is 0 Å². The van der Waals surface area contributed by atoms with Gasteiger partial charge in [0.05, 0.1) is 22.1 Å². The Morgan fingerprint density at radius 3 is 2.62 bits per heavy atom. The highest BCUT2D eigenvalue weighted by Crippen LogP contribution is 2.53. The van der Waals surface area contributed by atoms with Crippen LogP contribution >= 0.6 is 0 Å². The van der Waals surface area contributed by atoms with Crippen molar-refractivity contribution in [1.82, 2.24) is 0 Å². The molecule has 0 saturated carbocycles. The number of aromatic carboxylic acids is 1. The fraction of sp³-hybridized carbons (Fsp3) is 0.250. The Bertz CT molecular complexity index is 934. The van der Waals surface area contributed by atoms with E-state index in [1.165, 1.54) is 0 Å². The van der Waals surface area contributed by atoms with Crippen molar-refractivity contribution >= 4 is 17.3 Å². The van der Waals surface area contributed by atoms with Gasteiger partial charge in [0, 0.05) is 17.7 Å². The van der Waals surface area contributed by atoms with Crippen molar-refractivity contribution in [1.29, 1.82) is 0 Å². The summed E-state index contributed by atoms with van der Waals surface area (Å²) < 4.78 is 0. The number of aryl methyl sites for hydroxylation is 1. The van der Waals surface area contributed by atoms with E-state index < -0.39 is 5.97 Å². The number of allylic oxidation sites excluding steroid dienone is 2. The van der Waals surface area contributed by atoms with Crippen LogP contribution in [0, 0.1) is 23.0 Å². The number of carboxylic acid groups (broad SMARTS) is 1. The number of fused-ring (bicyclic) bond motifs is 3. The zero-order valence-electron chi connectivity index (χ0n) is 14.2. The third-order valence-electron chi connectivity index (χ3n) is 5.42. The number of carbonyl (C=O) groups is 1. The molecule has 1 heterocycles. The first-order chi connectivity index (χ1) is 12.5. The molecule has 6 heteroatoms. The molecule has 2 aromatic carbocycles. The summed E-state index contributed by atoms with van der Waals surface area (Å²) in [5.74, 6) is -0.806. The van der Waals surface area contributed by atoms with Crippen molar-refractivity contribution in [3.8, 4) is 0 Å². The highest BCUT2D eigenvalue weighted by atomic mass is 16.6. The molecule has 2 aromatic rings. The molecule has 132 valence electrons. The minimum absolute atomic E-state index is 0.0179. The van der Waals surface area contributed by atoms with Gasteiger partial charge in [-0.3, -0.25) is 10.1 Å². The number of nitrogens with one attached hydrogen (secondary N) is 1. The third kappa shape index (κ3) is 2.45. The van der Waals surface area contributed by atoms with E-state index in [0.717, 1.165) is 28.8 Å². The second-order valence-corrected chi connectivity index (χ2v) is 6.85.